The summed E-state index contributed by atoms with van der Waals surface area (Å²) in [7, 11) is 1.60. The third-order valence-electron chi connectivity index (χ3n) is 3.04. The van der Waals surface area contributed by atoms with Gasteiger partial charge in [-0.3, -0.25) is 4.79 Å². The van der Waals surface area contributed by atoms with Crippen LogP contribution < -0.4 is 10.6 Å². The van der Waals surface area contributed by atoms with Gasteiger partial charge in [0.05, 0.1) is 5.69 Å². The molecule has 21 heavy (non-hydrogen) atoms. The van der Waals surface area contributed by atoms with Crippen molar-refractivity contribution in [1.29, 1.82) is 0 Å². The molecule has 0 radical (unpaired) electrons. The summed E-state index contributed by atoms with van der Waals surface area (Å²) in [5, 5.41) is 10.3. The number of carbonyl (C=O) groups excluding carboxylic acids is 1. The van der Waals surface area contributed by atoms with E-state index in [1.807, 2.05) is 12.1 Å². The first-order valence-corrected chi connectivity index (χ1v) is 7.60. The number of halogens is 1. The van der Waals surface area contributed by atoms with Gasteiger partial charge < -0.3 is 10.6 Å². The summed E-state index contributed by atoms with van der Waals surface area (Å²) in [6.07, 6.45) is 1.80. The lowest BCUT2D eigenvalue weighted by atomic mass is 10.1. The Balaban J connectivity index is 2.35. The zero-order chi connectivity index (χ0) is 15.4. The molecule has 0 atom stereocenters. The van der Waals surface area contributed by atoms with E-state index in [2.05, 4.69) is 51.6 Å². The van der Waals surface area contributed by atoms with E-state index in [9.17, 15) is 4.79 Å². The predicted molar refractivity (Wildman–Crippen MR) is 86.6 cm³/mol. The molecular formula is C15H19BrN4O. The second kappa shape index (κ2) is 6.87. The van der Waals surface area contributed by atoms with Crippen LogP contribution in [0.3, 0.4) is 0 Å². The van der Waals surface area contributed by atoms with E-state index in [-0.39, 0.29) is 5.91 Å². The average Bonchev–Trinajstić information content (AvgIpc) is 2.94. The van der Waals surface area contributed by atoms with Crippen molar-refractivity contribution < 1.29 is 4.79 Å². The predicted octanol–water partition coefficient (Wildman–Crippen LogP) is 2.49. The van der Waals surface area contributed by atoms with Crippen molar-refractivity contribution in [2.24, 2.45) is 0 Å². The summed E-state index contributed by atoms with van der Waals surface area (Å²) in [5.41, 5.74) is 2.48. The summed E-state index contributed by atoms with van der Waals surface area (Å²) in [6, 6.07) is 8.16. The number of rotatable bonds is 5. The molecule has 1 aromatic carbocycles. The van der Waals surface area contributed by atoms with Crippen LogP contribution in [0, 0.1) is 0 Å². The summed E-state index contributed by atoms with van der Waals surface area (Å²) in [4.78, 5) is 11.6. The first kappa shape index (κ1) is 15.7. The highest BCUT2D eigenvalue weighted by Crippen LogP contribution is 2.20. The van der Waals surface area contributed by atoms with Gasteiger partial charge in [-0.15, -0.1) is 0 Å². The van der Waals surface area contributed by atoms with Gasteiger partial charge in [-0.2, -0.15) is 5.10 Å². The van der Waals surface area contributed by atoms with Crippen LogP contribution in [0.1, 0.15) is 29.9 Å². The van der Waals surface area contributed by atoms with E-state index in [0.717, 1.165) is 22.3 Å². The molecule has 112 valence electrons. The van der Waals surface area contributed by atoms with E-state index in [1.54, 1.807) is 24.0 Å². The smallest absolute Gasteiger partial charge is 0.271 e. The second-order valence-electron chi connectivity index (χ2n) is 5.03. The highest BCUT2D eigenvalue weighted by atomic mass is 79.9. The van der Waals surface area contributed by atoms with E-state index >= 15 is 0 Å². The minimum atomic E-state index is -0.189. The molecule has 2 aromatic rings. The Labute approximate surface area is 132 Å². The number of benzene rings is 1. The summed E-state index contributed by atoms with van der Waals surface area (Å²) in [6.45, 7) is 4.96. The number of hydrogen-bond donors (Lipinski definition) is 2. The van der Waals surface area contributed by atoms with Gasteiger partial charge in [-0.25, -0.2) is 4.68 Å². The van der Waals surface area contributed by atoms with Crippen LogP contribution in [-0.2, 0) is 6.54 Å². The molecule has 0 spiro atoms. The molecule has 1 amide bonds. The van der Waals surface area contributed by atoms with Crippen LogP contribution in [0.2, 0.25) is 0 Å². The van der Waals surface area contributed by atoms with E-state index < -0.39 is 0 Å². The van der Waals surface area contributed by atoms with Gasteiger partial charge in [0, 0.05) is 30.3 Å². The zero-order valence-corrected chi connectivity index (χ0v) is 13.9. The lowest BCUT2D eigenvalue weighted by Gasteiger charge is -2.13. The van der Waals surface area contributed by atoms with Gasteiger partial charge in [0.25, 0.3) is 5.91 Å². The molecule has 2 rings (SSSR count). The van der Waals surface area contributed by atoms with Crippen LogP contribution in [-0.4, -0.2) is 28.8 Å². The fourth-order valence-electron chi connectivity index (χ4n) is 1.92. The highest BCUT2D eigenvalue weighted by molar-refractivity contribution is 9.10. The minimum Gasteiger partial charge on any atom is -0.354 e. The minimum absolute atomic E-state index is 0.189. The number of nitrogens with one attached hydrogen (secondary N) is 2. The van der Waals surface area contributed by atoms with Crippen molar-refractivity contribution >= 4 is 21.8 Å². The molecule has 0 aliphatic rings. The lowest BCUT2D eigenvalue weighted by molar-refractivity contribution is 0.0957. The fourth-order valence-corrected chi connectivity index (χ4v) is 2.27. The molecule has 6 heteroatoms. The van der Waals surface area contributed by atoms with Crippen molar-refractivity contribution in [1.82, 2.24) is 20.4 Å². The summed E-state index contributed by atoms with van der Waals surface area (Å²) < 4.78 is 2.70. The Morgan fingerprint density at radius 1 is 1.38 bits per heavy atom. The van der Waals surface area contributed by atoms with Gasteiger partial charge in [-0.1, -0.05) is 35.8 Å². The maximum absolute atomic E-state index is 11.6. The van der Waals surface area contributed by atoms with Crippen LogP contribution in [0.4, 0.5) is 0 Å². The standard InChI is InChI=1S/C15H19BrN4O/c1-10(2)18-9-11-4-5-12(16)8-14(11)20-7-6-13(19-20)15(21)17-3/h4-8,10,18H,9H2,1-3H3,(H,17,21). The van der Waals surface area contributed by atoms with Crippen molar-refractivity contribution in [2.45, 2.75) is 26.4 Å². The monoisotopic (exact) mass is 350 g/mol. The van der Waals surface area contributed by atoms with Crippen molar-refractivity contribution in [3.05, 3.63) is 46.2 Å². The maximum atomic E-state index is 11.6. The largest absolute Gasteiger partial charge is 0.354 e. The third-order valence-corrected chi connectivity index (χ3v) is 3.54. The van der Waals surface area contributed by atoms with Crippen LogP contribution in [0.5, 0.6) is 0 Å². The van der Waals surface area contributed by atoms with Crippen molar-refractivity contribution in [3.8, 4) is 5.69 Å². The van der Waals surface area contributed by atoms with Crippen LogP contribution >= 0.6 is 15.9 Å². The van der Waals surface area contributed by atoms with E-state index in [4.69, 9.17) is 0 Å². The summed E-state index contributed by atoms with van der Waals surface area (Å²) >= 11 is 3.48. The molecule has 0 fully saturated rings. The first-order valence-electron chi connectivity index (χ1n) is 6.81. The molecule has 1 heterocycles. The quantitative estimate of drug-likeness (QED) is 0.870. The average molecular weight is 351 g/mol. The molecule has 0 aliphatic carbocycles. The van der Waals surface area contributed by atoms with Gasteiger partial charge in [0.2, 0.25) is 0 Å². The number of amides is 1. The molecule has 0 saturated heterocycles. The number of carbonyl (C=O) groups is 1. The SMILES string of the molecule is CNC(=O)c1ccn(-c2cc(Br)ccc2CNC(C)C)n1. The zero-order valence-electron chi connectivity index (χ0n) is 12.4. The van der Waals surface area contributed by atoms with E-state index in [1.165, 1.54) is 0 Å². The normalized spacial score (nSPS) is 10.9. The topological polar surface area (TPSA) is 59.0 Å². The Hall–Kier alpha value is -1.66. The second-order valence-corrected chi connectivity index (χ2v) is 5.95. The van der Waals surface area contributed by atoms with Gasteiger partial charge >= 0.3 is 0 Å². The third kappa shape index (κ3) is 3.92. The van der Waals surface area contributed by atoms with Crippen molar-refractivity contribution in [2.75, 3.05) is 7.05 Å². The molecule has 0 aliphatic heterocycles. The van der Waals surface area contributed by atoms with E-state index in [0.29, 0.717) is 11.7 Å². The molecule has 2 N–H and O–H groups in total. The van der Waals surface area contributed by atoms with Gasteiger partial charge in [0.15, 0.2) is 5.69 Å². The fraction of sp³-hybridized carbons (Fsp3) is 0.333. The summed E-state index contributed by atoms with van der Waals surface area (Å²) in [5.74, 6) is -0.189. The molecule has 0 bridgehead atoms. The Morgan fingerprint density at radius 3 is 2.81 bits per heavy atom. The Morgan fingerprint density at radius 2 is 2.14 bits per heavy atom. The maximum Gasteiger partial charge on any atom is 0.271 e. The number of nitrogens with zero attached hydrogens (tertiary/aromatic N) is 2. The lowest BCUT2D eigenvalue weighted by Crippen LogP contribution is -2.23. The highest BCUT2D eigenvalue weighted by Gasteiger charge is 2.11. The molecule has 5 nitrogen and oxygen atoms in total. The Bertz CT molecular complexity index is 636. The molecule has 1 aromatic heterocycles. The van der Waals surface area contributed by atoms with Crippen LogP contribution in [0.25, 0.3) is 5.69 Å². The first-order chi connectivity index (χ1) is 10.0. The molecule has 0 unspecified atom stereocenters. The Kier molecular flexibility index (Phi) is 5.14. The molecule has 0 saturated carbocycles. The van der Waals surface area contributed by atoms with Gasteiger partial charge in [0.1, 0.15) is 0 Å². The molecular weight excluding hydrogens is 332 g/mol. The van der Waals surface area contributed by atoms with Crippen LogP contribution in [0.15, 0.2) is 34.9 Å². The number of hydrogen-bond acceptors (Lipinski definition) is 3. The van der Waals surface area contributed by atoms with Crippen molar-refractivity contribution in [3.63, 3.8) is 0 Å². The van der Waals surface area contributed by atoms with Gasteiger partial charge in [-0.05, 0) is 23.8 Å². The number of aromatic nitrogens is 2.